The van der Waals surface area contributed by atoms with Crippen LogP contribution in [-0.2, 0) is 25.5 Å². The van der Waals surface area contributed by atoms with Crippen molar-refractivity contribution in [1.29, 1.82) is 0 Å². The Morgan fingerprint density at radius 1 is 1.24 bits per heavy atom. The van der Waals surface area contributed by atoms with Crippen molar-refractivity contribution >= 4 is 34.8 Å². The minimum atomic E-state index is 0.313. The van der Waals surface area contributed by atoms with E-state index < -0.39 is 0 Å². The van der Waals surface area contributed by atoms with Gasteiger partial charge in [0, 0.05) is 12.1 Å². The second kappa shape index (κ2) is 7.39. The number of ether oxygens (including phenoxy) is 1. The third-order valence-electron chi connectivity index (χ3n) is 3.24. The summed E-state index contributed by atoms with van der Waals surface area (Å²) in [5.41, 5.74) is 2.60. The number of aryl methyl sites for hydroxylation is 2. The number of hydrogen-bond donors (Lipinski definition) is 0. The summed E-state index contributed by atoms with van der Waals surface area (Å²) in [5.74, 6) is 0.948. The maximum Gasteiger partial charge on any atom is 0.142 e. The fraction of sp³-hybridized carbons (Fsp3) is 0.400. The van der Waals surface area contributed by atoms with E-state index in [1.807, 2.05) is 30.7 Å². The molecule has 6 heteroatoms. The van der Waals surface area contributed by atoms with Gasteiger partial charge in [-0.25, -0.2) is 0 Å². The Balaban J connectivity index is 2.26. The van der Waals surface area contributed by atoms with Crippen LogP contribution in [-0.4, -0.2) is 9.78 Å². The van der Waals surface area contributed by atoms with Gasteiger partial charge in [0.1, 0.15) is 12.4 Å². The number of halogens is 3. The highest BCUT2D eigenvalue weighted by molar-refractivity contribution is 6.32. The average molecular weight is 348 g/mol. The smallest absolute Gasteiger partial charge is 0.142 e. The molecule has 2 rings (SSSR count). The van der Waals surface area contributed by atoms with Gasteiger partial charge in [-0.3, -0.25) is 4.68 Å². The lowest BCUT2D eigenvalue weighted by Gasteiger charge is -2.12. The highest BCUT2D eigenvalue weighted by atomic mass is 35.5. The van der Waals surface area contributed by atoms with Crippen molar-refractivity contribution in [2.24, 2.45) is 0 Å². The maximum atomic E-state index is 6.37. The van der Waals surface area contributed by atoms with Crippen LogP contribution in [0.2, 0.25) is 10.0 Å². The first kappa shape index (κ1) is 16.5. The fourth-order valence-electron chi connectivity index (χ4n) is 2.12. The number of nitrogens with zero attached hydrogens (tertiary/aromatic N) is 2. The van der Waals surface area contributed by atoms with Crippen LogP contribution in [0.5, 0.6) is 5.75 Å². The third-order valence-corrected chi connectivity index (χ3v) is 4.26. The lowest BCUT2D eigenvalue weighted by Crippen LogP contribution is -2.07. The molecule has 0 N–H and O–H groups in total. The summed E-state index contributed by atoms with van der Waals surface area (Å²) in [5, 5.41) is 5.68. The van der Waals surface area contributed by atoms with Gasteiger partial charge in [0.05, 0.1) is 27.3 Å². The largest absolute Gasteiger partial charge is 0.485 e. The zero-order valence-corrected chi connectivity index (χ0v) is 14.3. The summed E-state index contributed by atoms with van der Waals surface area (Å²) in [6.07, 6.45) is 0.790. The summed E-state index contributed by atoms with van der Waals surface area (Å²) < 4.78 is 7.72. The van der Waals surface area contributed by atoms with Gasteiger partial charge in [-0.05, 0) is 19.4 Å². The summed E-state index contributed by atoms with van der Waals surface area (Å²) in [6.45, 7) is 5.10. The first-order valence-corrected chi connectivity index (χ1v) is 8.11. The van der Waals surface area contributed by atoms with Gasteiger partial charge in [0.15, 0.2) is 0 Å². The quantitative estimate of drug-likeness (QED) is 0.681. The molecule has 0 spiro atoms. The van der Waals surface area contributed by atoms with E-state index in [1.165, 1.54) is 0 Å². The molecule has 21 heavy (non-hydrogen) atoms. The molecule has 0 amide bonds. The molecule has 0 saturated carbocycles. The Morgan fingerprint density at radius 3 is 2.62 bits per heavy atom. The SMILES string of the molecule is CCc1nn(CC)c(COc2c(Cl)cccc2CCl)c1Cl. The van der Waals surface area contributed by atoms with Crippen molar-refractivity contribution in [2.45, 2.75) is 39.3 Å². The minimum absolute atomic E-state index is 0.313. The van der Waals surface area contributed by atoms with Gasteiger partial charge >= 0.3 is 0 Å². The van der Waals surface area contributed by atoms with Gasteiger partial charge in [-0.1, -0.05) is 42.3 Å². The molecule has 0 radical (unpaired) electrons. The van der Waals surface area contributed by atoms with Crippen LogP contribution in [0.15, 0.2) is 18.2 Å². The van der Waals surface area contributed by atoms with E-state index in [0.29, 0.717) is 28.3 Å². The summed E-state index contributed by atoms with van der Waals surface area (Å²) in [7, 11) is 0. The van der Waals surface area contributed by atoms with E-state index in [4.69, 9.17) is 39.5 Å². The van der Waals surface area contributed by atoms with E-state index in [2.05, 4.69) is 5.10 Å². The molecule has 0 atom stereocenters. The van der Waals surface area contributed by atoms with Crippen molar-refractivity contribution in [3.8, 4) is 5.75 Å². The number of benzene rings is 1. The van der Waals surface area contributed by atoms with E-state index >= 15 is 0 Å². The van der Waals surface area contributed by atoms with Gasteiger partial charge in [-0.2, -0.15) is 5.10 Å². The van der Waals surface area contributed by atoms with Crippen molar-refractivity contribution in [2.75, 3.05) is 0 Å². The molecular formula is C15H17Cl3N2O. The second-order valence-electron chi connectivity index (χ2n) is 4.53. The molecule has 3 nitrogen and oxygen atoms in total. The molecule has 0 fully saturated rings. The zero-order chi connectivity index (χ0) is 15.4. The zero-order valence-electron chi connectivity index (χ0n) is 12.0. The van der Waals surface area contributed by atoms with Gasteiger partial charge < -0.3 is 4.74 Å². The van der Waals surface area contributed by atoms with Crippen LogP contribution in [0.25, 0.3) is 0 Å². The van der Waals surface area contributed by atoms with Crippen LogP contribution in [0.3, 0.4) is 0 Å². The highest BCUT2D eigenvalue weighted by Crippen LogP contribution is 2.31. The molecular weight excluding hydrogens is 331 g/mol. The molecule has 0 aliphatic rings. The van der Waals surface area contributed by atoms with Crippen molar-refractivity contribution in [3.05, 3.63) is 45.2 Å². The van der Waals surface area contributed by atoms with Crippen LogP contribution in [0, 0.1) is 0 Å². The number of rotatable bonds is 6. The number of aromatic nitrogens is 2. The van der Waals surface area contributed by atoms with Crippen LogP contribution in [0.1, 0.15) is 30.8 Å². The standard InChI is InChI=1S/C15H17Cl3N2O/c1-3-12-14(18)13(20(4-2)19-12)9-21-15-10(8-16)6-5-7-11(15)17/h5-7H,3-4,8-9H2,1-2H3. The molecule has 0 aliphatic heterocycles. The Morgan fingerprint density at radius 2 is 2.00 bits per heavy atom. The van der Waals surface area contributed by atoms with Crippen molar-refractivity contribution in [3.63, 3.8) is 0 Å². The Labute approximate surface area is 139 Å². The Kier molecular flexibility index (Phi) is 5.80. The van der Waals surface area contributed by atoms with E-state index in [9.17, 15) is 0 Å². The molecule has 0 unspecified atom stereocenters. The van der Waals surface area contributed by atoms with Crippen LogP contribution < -0.4 is 4.74 Å². The lowest BCUT2D eigenvalue weighted by atomic mass is 10.2. The molecule has 1 heterocycles. The van der Waals surface area contributed by atoms with Gasteiger partial charge in [-0.15, -0.1) is 11.6 Å². The monoisotopic (exact) mass is 346 g/mol. The van der Waals surface area contributed by atoms with Crippen LogP contribution in [0.4, 0.5) is 0 Å². The van der Waals surface area contributed by atoms with Crippen molar-refractivity contribution < 1.29 is 4.74 Å². The molecule has 0 aliphatic carbocycles. The fourth-order valence-corrected chi connectivity index (χ4v) is 2.90. The highest BCUT2D eigenvalue weighted by Gasteiger charge is 2.16. The summed E-state index contributed by atoms with van der Waals surface area (Å²) in [4.78, 5) is 0. The molecule has 1 aromatic carbocycles. The average Bonchev–Trinajstić information content (AvgIpc) is 2.81. The summed E-state index contributed by atoms with van der Waals surface area (Å²) >= 11 is 18.5. The second-order valence-corrected chi connectivity index (χ2v) is 5.58. The Hall–Kier alpha value is -0.900. The van der Waals surface area contributed by atoms with Crippen LogP contribution >= 0.6 is 34.8 Å². The lowest BCUT2D eigenvalue weighted by molar-refractivity contribution is 0.290. The van der Waals surface area contributed by atoms with E-state index in [0.717, 1.165) is 29.9 Å². The van der Waals surface area contributed by atoms with Crippen molar-refractivity contribution in [1.82, 2.24) is 9.78 Å². The normalized spacial score (nSPS) is 10.9. The number of alkyl halides is 1. The van der Waals surface area contributed by atoms with Gasteiger partial charge in [0.2, 0.25) is 0 Å². The first-order valence-electron chi connectivity index (χ1n) is 6.82. The predicted octanol–water partition coefficient (Wildman–Crippen LogP) is 5.09. The molecule has 1 aromatic heterocycles. The molecule has 0 saturated heterocycles. The minimum Gasteiger partial charge on any atom is -0.485 e. The molecule has 2 aromatic rings. The Bertz CT molecular complexity index is 626. The van der Waals surface area contributed by atoms with Gasteiger partial charge in [0.25, 0.3) is 0 Å². The molecule has 114 valence electrons. The van der Waals surface area contributed by atoms with E-state index in [1.54, 1.807) is 6.07 Å². The summed E-state index contributed by atoms with van der Waals surface area (Å²) in [6, 6.07) is 5.53. The number of para-hydroxylation sites is 1. The third kappa shape index (κ3) is 3.47. The topological polar surface area (TPSA) is 27.1 Å². The van der Waals surface area contributed by atoms with E-state index in [-0.39, 0.29) is 0 Å². The predicted molar refractivity (Wildman–Crippen MR) is 87.6 cm³/mol. The maximum absolute atomic E-state index is 6.37. The molecule has 0 bridgehead atoms. The number of hydrogen-bond acceptors (Lipinski definition) is 2. The first-order chi connectivity index (χ1) is 10.1.